The molecule has 1 atom stereocenters. The van der Waals surface area contributed by atoms with Crippen molar-refractivity contribution >= 4 is 17.6 Å². The molecule has 0 aliphatic heterocycles. The number of carbonyl (C=O) groups is 1. The molecule has 4 nitrogen and oxygen atoms in total. The van der Waals surface area contributed by atoms with E-state index in [4.69, 9.17) is 16.7 Å². The Morgan fingerprint density at radius 1 is 1.78 bits per heavy atom. The summed E-state index contributed by atoms with van der Waals surface area (Å²) in [6, 6.07) is 0. The first-order valence-corrected chi connectivity index (χ1v) is 2.78. The second-order valence-electron chi connectivity index (χ2n) is 1.47. The molecule has 0 saturated carbocycles. The Morgan fingerprint density at radius 3 is 2.67 bits per heavy atom. The third-order valence-electron chi connectivity index (χ3n) is 0.711. The van der Waals surface area contributed by atoms with E-state index in [1.165, 1.54) is 0 Å². The maximum Gasteiger partial charge on any atom is 0.303 e. The van der Waals surface area contributed by atoms with Gasteiger partial charge in [0, 0.05) is 6.42 Å². The van der Waals surface area contributed by atoms with Gasteiger partial charge in [0.25, 0.3) is 0 Å². The number of carboxylic acid groups (broad SMARTS) is 1. The van der Waals surface area contributed by atoms with Crippen LogP contribution in [0.4, 0.5) is 0 Å². The van der Waals surface area contributed by atoms with E-state index < -0.39 is 11.5 Å². The van der Waals surface area contributed by atoms with Crippen LogP contribution in [0.5, 0.6) is 0 Å². The van der Waals surface area contributed by atoms with Crippen LogP contribution in [0.25, 0.3) is 0 Å². The summed E-state index contributed by atoms with van der Waals surface area (Å²) in [5.74, 6) is -0.968. The molecular weight excluding hydrogens is 146 g/mol. The molecule has 9 heavy (non-hydrogen) atoms. The summed E-state index contributed by atoms with van der Waals surface area (Å²) in [5.41, 5.74) is -0.902. The molecule has 0 aromatic heterocycles. The minimum atomic E-state index is -0.968. The number of hydrogen-bond donors (Lipinski definition) is 1. The van der Waals surface area contributed by atoms with E-state index in [0.717, 1.165) is 0 Å². The van der Waals surface area contributed by atoms with Crippen molar-refractivity contribution in [2.24, 2.45) is 5.18 Å². The summed E-state index contributed by atoms with van der Waals surface area (Å²) in [6.45, 7) is 0. The highest BCUT2D eigenvalue weighted by Gasteiger charge is 2.05. The smallest absolute Gasteiger partial charge is 0.303 e. The molecule has 0 fully saturated rings. The van der Waals surface area contributed by atoms with Crippen LogP contribution in [-0.4, -0.2) is 16.6 Å². The van der Waals surface area contributed by atoms with E-state index in [1.54, 1.807) is 0 Å². The molecule has 0 bridgehead atoms. The number of rotatable bonds is 4. The molecule has 0 aliphatic rings. The first-order valence-electron chi connectivity index (χ1n) is 2.35. The van der Waals surface area contributed by atoms with Gasteiger partial charge in [0.2, 0.25) is 0 Å². The van der Waals surface area contributed by atoms with Gasteiger partial charge in [-0.15, -0.1) is 4.91 Å². The van der Waals surface area contributed by atoms with Gasteiger partial charge in [-0.05, 0) is 6.42 Å². The number of carboxylic acids is 1. The van der Waals surface area contributed by atoms with Gasteiger partial charge < -0.3 is 5.11 Å². The first kappa shape index (κ1) is 8.36. The van der Waals surface area contributed by atoms with Gasteiger partial charge >= 0.3 is 5.97 Å². The molecule has 5 heteroatoms. The molecule has 0 aromatic carbocycles. The number of nitroso groups, excluding NO2 is 1. The molecular formula is C4H6ClNO3. The zero-order valence-electron chi connectivity index (χ0n) is 4.58. The lowest BCUT2D eigenvalue weighted by atomic mass is 10.3. The van der Waals surface area contributed by atoms with Gasteiger partial charge in [0.1, 0.15) is 0 Å². The van der Waals surface area contributed by atoms with E-state index in [0.29, 0.717) is 0 Å². The topological polar surface area (TPSA) is 66.7 Å². The van der Waals surface area contributed by atoms with Crippen molar-refractivity contribution in [2.75, 3.05) is 0 Å². The largest absolute Gasteiger partial charge is 0.481 e. The van der Waals surface area contributed by atoms with Crippen LogP contribution in [0.1, 0.15) is 12.8 Å². The third kappa shape index (κ3) is 5.23. The Labute approximate surface area is 56.8 Å². The summed E-state index contributed by atoms with van der Waals surface area (Å²) in [6.07, 6.45) is -0.0136. The average molecular weight is 152 g/mol. The Balaban J connectivity index is 3.26. The maximum atomic E-state index is 9.82. The Kier molecular flexibility index (Phi) is 3.96. The van der Waals surface area contributed by atoms with Crippen molar-refractivity contribution in [3.05, 3.63) is 4.91 Å². The van der Waals surface area contributed by atoms with Crippen LogP contribution in [0.2, 0.25) is 0 Å². The maximum absolute atomic E-state index is 9.82. The highest BCUT2D eigenvalue weighted by atomic mass is 35.5. The number of aliphatic carboxylic acids is 1. The summed E-state index contributed by atoms with van der Waals surface area (Å²) in [5, 5.41) is 10.5. The summed E-state index contributed by atoms with van der Waals surface area (Å²) >= 11 is 5.17. The Bertz CT molecular complexity index is 116. The van der Waals surface area contributed by atoms with Crippen molar-refractivity contribution in [3.8, 4) is 0 Å². The second-order valence-corrected chi connectivity index (χ2v) is 1.98. The Hall–Kier alpha value is -0.640. The Morgan fingerprint density at radius 2 is 2.33 bits per heavy atom. The molecule has 0 amide bonds. The van der Waals surface area contributed by atoms with Gasteiger partial charge in [-0.3, -0.25) is 4.79 Å². The van der Waals surface area contributed by atoms with Gasteiger partial charge in [-0.2, -0.15) is 0 Å². The lowest BCUT2D eigenvalue weighted by Gasteiger charge is -1.93. The van der Waals surface area contributed by atoms with Gasteiger partial charge in [0.05, 0.1) is 0 Å². The van der Waals surface area contributed by atoms with E-state index in [9.17, 15) is 9.70 Å². The predicted octanol–water partition coefficient (Wildman–Crippen LogP) is 1.18. The van der Waals surface area contributed by atoms with Crippen LogP contribution in [-0.2, 0) is 4.79 Å². The zero-order valence-corrected chi connectivity index (χ0v) is 5.34. The molecule has 52 valence electrons. The highest BCUT2D eigenvalue weighted by molar-refractivity contribution is 6.20. The lowest BCUT2D eigenvalue weighted by Crippen LogP contribution is -1.99. The van der Waals surface area contributed by atoms with Crippen LogP contribution >= 0.6 is 11.6 Å². The zero-order chi connectivity index (χ0) is 7.28. The monoisotopic (exact) mass is 151 g/mol. The lowest BCUT2D eigenvalue weighted by molar-refractivity contribution is -0.137. The van der Waals surface area contributed by atoms with Crippen molar-refractivity contribution in [3.63, 3.8) is 0 Å². The van der Waals surface area contributed by atoms with E-state index in [-0.39, 0.29) is 12.8 Å². The van der Waals surface area contributed by atoms with Gasteiger partial charge in [0.15, 0.2) is 5.50 Å². The minimum absolute atomic E-state index is 0.0976. The normalized spacial score (nSPS) is 12.6. The molecule has 0 aromatic rings. The SMILES string of the molecule is O=NC(Cl)CCC(=O)O. The summed E-state index contributed by atoms with van der Waals surface area (Å²) in [4.78, 5) is 19.4. The van der Waals surface area contributed by atoms with Crippen LogP contribution in [0, 0.1) is 4.91 Å². The van der Waals surface area contributed by atoms with Gasteiger partial charge in [-0.1, -0.05) is 16.8 Å². The van der Waals surface area contributed by atoms with Crippen molar-refractivity contribution in [1.29, 1.82) is 0 Å². The fourth-order valence-electron chi connectivity index (χ4n) is 0.295. The van der Waals surface area contributed by atoms with E-state index in [1.807, 2.05) is 0 Å². The number of nitrogens with zero attached hydrogens (tertiary/aromatic N) is 1. The van der Waals surface area contributed by atoms with Crippen molar-refractivity contribution < 1.29 is 9.90 Å². The highest BCUT2D eigenvalue weighted by Crippen LogP contribution is 2.05. The molecule has 0 aliphatic carbocycles. The molecule has 0 radical (unpaired) electrons. The van der Waals surface area contributed by atoms with E-state index in [2.05, 4.69) is 5.18 Å². The fourth-order valence-corrected chi connectivity index (χ4v) is 0.404. The van der Waals surface area contributed by atoms with Crippen LogP contribution < -0.4 is 0 Å². The minimum Gasteiger partial charge on any atom is -0.481 e. The standard InChI is InChI=1S/C4H6ClNO3/c5-3(6-9)1-2-4(7)8/h3H,1-2H2,(H,7,8). The molecule has 1 unspecified atom stereocenters. The summed E-state index contributed by atoms with van der Waals surface area (Å²) in [7, 11) is 0. The summed E-state index contributed by atoms with van der Waals surface area (Å²) < 4.78 is 0. The van der Waals surface area contributed by atoms with Gasteiger partial charge in [-0.25, -0.2) is 0 Å². The van der Waals surface area contributed by atoms with Crippen LogP contribution in [0.15, 0.2) is 5.18 Å². The number of halogens is 1. The number of alkyl halides is 1. The third-order valence-corrected chi connectivity index (χ3v) is 1.01. The molecule has 0 spiro atoms. The number of hydrogen-bond acceptors (Lipinski definition) is 3. The molecule has 1 N–H and O–H groups in total. The quantitative estimate of drug-likeness (QED) is 0.373. The van der Waals surface area contributed by atoms with Crippen LogP contribution in [0.3, 0.4) is 0 Å². The molecule has 0 heterocycles. The fraction of sp³-hybridized carbons (Fsp3) is 0.750. The molecule has 0 saturated heterocycles. The average Bonchev–Trinajstić information content (AvgIpc) is 1.83. The molecule has 0 rings (SSSR count). The van der Waals surface area contributed by atoms with Crippen molar-refractivity contribution in [2.45, 2.75) is 18.3 Å². The van der Waals surface area contributed by atoms with E-state index >= 15 is 0 Å². The second kappa shape index (κ2) is 4.26. The predicted molar refractivity (Wildman–Crippen MR) is 32.3 cm³/mol. The first-order chi connectivity index (χ1) is 4.16. The van der Waals surface area contributed by atoms with Crippen molar-refractivity contribution in [1.82, 2.24) is 0 Å².